The molecular weight excluding hydrogens is 288 g/mol. The van der Waals surface area contributed by atoms with Crippen LogP contribution >= 0.6 is 0 Å². The summed E-state index contributed by atoms with van der Waals surface area (Å²) in [5.41, 5.74) is 2.61. The van der Waals surface area contributed by atoms with Crippen LogP contribution in [0.15, 0.2) is 24.3 Å². The molecule has 3 rings (SSSR count). The van der Waals surface area contributed by atoms with E-state index in [9.17, 15) is 4.79 Å². The minimum absolute atomic E-state index is 0.0131. The molecule has 0 radical (unpaired) electrons. The van der Waals surface area contributed by atoms with E-state index in [-0.39, 0.29) is 17.5 Å². The Hall–Kier alpha value is -1.55. The molecule has 4 nitrogen and oxygen atoms in total. The third-order valence-corrected chi connectivity index (χ3v) is 5.22. The number of nitrogens with zero attached hydrogens (tertiary/aromatic N) is 2. The fourth-order valence-corrected chi connectivity index (χ4v) is 3.58. The summed E-state index contributed by atoms with van der Waals surface area (Å²) in [7, 11) is 0. The first kappa shape index (κ1) is 16.3. The maximum absolute atomic E-state index is 11.5. The number of benzene rings is 1. The number of ether oxygens (including phenoxy) is 1. The van der Waals surface area contributed by atoms with E-state index in [2.05, 4.69) is 54.8 Å². The van der Waals surface area contributed by atoms with E-state index in [0.29, 0.717) is 6.42 Å². The summed E-state index contributed by atoms with van der Waals surface area (Å²) in [4.78, 5) is 16.4. The minimum Gasteiger partial charge on any atom is -0.462 e. The zero-order valence-corrected chi connectivity index (χ0v) is 14.5. The Balaban J connectivity index is 1.46. The Morgan fingerprint density at radius 1 is 1.13 bits per heavy atom. The Morgan fingerprint density at radius 3 is 2.35 bits per heavy atom. The maximum atomic E-state index is 11.5. The SMILES string of the molecule is Cc1ccc(N2CCN(CC[C@@H]3OC(=O)CC3(C)C)CC2)cc1. The van der Waals surface area contributed by atoms with Gasteiger partial charge in [0.2, 0.25) is 0 Å². The first-order valence-corrected chi connectivity index (χ1v) is 8.67. The van der Waals surface area contributed by atoms with Gasteiger partial charge in [-0.1, -0.05) is 31.5 Å². The Labute approximate surface area is 139 Å². The molecule has 0 spiro atoms. The first-order chi connectivity index (χ1) is 10.9. The lowest BCUT2D eigenvalue weighted by molar-refractivity contribution is -0.142. The molecule has 0 bridgehead atoms. The molecule has 1 aromatic rings. The molecule has 1 atom stereocenters. The summed E-state index contributed by atoms with van der Waals surface area (Å²) in [6.45, 7) is 11.7. The van der Waals surface area contributed by atoms with E-state index in [1.165, 1.54) is 11.3 Å². The van der Waals surface area contributed by atoms with E-state index in [1.54, 1.807) is 0 Å². The fourth-order valence-electron chi connectivity index (χ4n) is 3.58. The van der Waals surface area contributed by atoms with Crippen molar-refractivity contribution in [3.05, 3.63) is 29.8 Å². The van der Waals surface area contributed by atoms with E-state index in [4.69, 9.17) is 4.74 Å². The molecule has 2 aliphatic heterocycles. The maximum Gasteiger partial charge on any atom is 0.306 e. The molecule has 0 amide bonds. The summed E-state index contributed by atoms with van der Waals surface area (Å²) in [5, 5.41) is 0. The number of hydrogen-bond donors (Lipinski definition) is 0. The van der Waals surface area contributed by atoms with Gasteiger partial charge in [0.05, 0.1) is 6.42 Å². The topological polar surface area (TPSA) is 32.8 Å². The van der Waals surface area contributed by atoms with Crippen molar-refractivity contribution < 1.29 is 9.53 Å². The monoisotopic (exact) mass is 316 g/mol. The van der Waals surface area contributed by atoms with E-state index < -0.39 is 0 Å². The third-order valence-electron chi connectivity index (χ3n) is 5.22. The molecule has 4 heteroatoms. The molecular formula is C19H28N2O2. The van der Waals surface area contributed by atoms with Gasteiger partial charge in [0.1, 0.15) is 6.10 Å². The predicted molar refractivity (Wildman–Crippen MR) is 92.7 cm³/mol. The second-order valence-electron chi connectivity index (χ2n) is 7.60. The third kappa shape index (κ3) is 3.86. The number of cyclic esters (lactones) is 1. The molecule has 0 aromatic heterocycles. The van der Waals surface area contributed by atoms with Gasteiger partial charge in [-0.3, -0.25) is 9.69 Å². The van der Waals surface area contributed by atoms with Crippen molar-refractivity contribution in [2.75, 3.05) is 37.6 Å². The molecule has 0 aliphatic carbocycles. The second kappa shape index (κ2) is 6.52. The molecule has 126 valence electrons. The van der Waals surface area contributed by atoms with Crippen molar-refractivity contribution in [2.45, 2.75) is 39.7 Å². The minimum atomic E-state index is -0.0378. The molecule has 23 heavy (non-hydrogen) atoms. The van der Waals surface area contributed by atoms with Gasteiger partial charge in [0.15, 0.2) is 0 Å². The van der Waals surface area contributed by atoms with Crippen LogP contribution in [-0.2, 0) is 9.53 Å². The van der Waals surface area contributed by atoms with E-state index in [1.807, 2.05) is 0 Å². The number of rotatable bonds is 4. The van der Waals surface area contributed by atoms with Crippen molar-refractivity contribution in [3.63, 3.8) is 0 Å². The predicted octanol–water partition coefficient (Wildman–Crippen LogP) is 2.85. The first-order valence-electron chi connectivity index (χ1n) is 8.67. The van der Waals surface area contributed by atoms with Crippen molar-refractivity contribution in [1.82, 2.24) is 4.90 Å². The number of hydrogen-bond acceptors (Lipinski definition) is 4. The number of piperazine rings is 1. The summed E-state index contributed by atoms with van der Waals surface area (Å²) in [5.74, 6) is -0.0378. The van der Waals surface area contributed by atoms with E-state index >= 15 is 0 Å². The van der Waals surface area contributed by atoms with Gasteiger partial charge in [-0.25, -0.2) is 0 Å². The second-order valence-corrected chi connectivity index (χ2v) is 7.60. The van der Waals surface area contributed by atoms with Gasteiger partial charge in [0, 0.05) is 43.8 Å². The largest absolute Gasteiger partial charge is 0.462 e. The van der Waals surface area contributed by atoms with Gasteiger partial charge in [-0.15, -0.1) is 0 Å². The lowest BCUT2D eigenvalue weighted by Crippen LogP contribution is -2.47. The molecule has 0 saturated carbocycles. The van der Waals surface area contributed by atoms with Crippen molar-refractivity contribution in [2.24, 2.45) is 5.41 Å². The zero-order valence-electron chi connectivity index (χ0n) is 14.5. The highest BCUT2D eigenvalue weighted by atomic mass is 16.6. The van der Waals surface area contributed by atoms with Crippen LogP contribution in [0.25, 0.3) is 0 Å². The van der Waals surface area contributed by atoms with Gasteiger partial charge in [-0.2, -0.15) is 0 Å². The molecule has 2 fully saturated rings. The smallest absolute Gasteiger partial charge is 0.306 e. The lowest BCUT2D eigenvalue weighted by Gasteiger charge is -2.37. The van der Waals surface area contributed by atoms with Crippen LogP contribution in [0.3, 0.4) is 0 Å². The lowest BCUT2D eigenvalue weighted by atomic mass is 9.84. The van der Waals surface area contributed by atoms with Gasteiger partial charge in [0.25, 0.3) is 0 Å². The quantitative estimate of drug-likeness (QED) is 0.800. The van der Waals surface area contributed by atoms with E-state index in [0.717, 1.165) is 39.1 Å². The average Bonchev–Trinajstić information content (AvgIpc) is 2.78. The van der Waals surface area contributed by atoms with Crippen LogP contribution < -0.4 is 4.90 Å². The molecule has 2 aliphatic rings. The van der Waals surface area contributed by atoms with Crippen LogP contribution in [0.2, 0.25) is 0 Å². The number of aryl methyl sites for hydroxylation is 1. The van der Waals surface area contributed by atoms with Crippen LogP contribution in [-0.4, -0.2) is 49.7 Å². The summed E-state index contributed by atoms with van der Waals surface area (Å²) >= 11 is 0. The number of esters is 1. The average molecular weight is 316 g/mol. The molecule has 1 aromatic carbocycles. The van der Waals surface area contributed by atoms with Crippen molar-refractivity contribution >= 4 is 11.7 Å². The molecule has 0 N–H and O–H groups in total. The van der Waals surface area contributed by atoms with Crippen molar-refractivity contribution in [1.29, 1.82) is 0 Å². The van der Waals surface area contributed by atoms with Gasteiger partial charge in [-0.05, 0) is 25.5 Å². The highest BCUT2D eigenvalue weighted by Crippen LogP contribution is 2.36. The van der Waals surface area contributed by atoms with Gasteiger partial charge >= 0.3 is 5.97 Å². The Bertz CT molecular complexity index is 545. The van der Waals surface area contributed by atoms with Crippen LogP contribution in [0, 0.1) is 12.3 Å². The highest BCUT2D eigenvalue weighted by Gasteiger charge is 2.41. The molecule has 2 saturated heterocycles. The molecule has 0 unspecified atom stereocenters. The number of anilines is 1. The Kier molecular flexibility index (Phi) is 4.62. The zero-order chi connectivity index (χ0) is 16.4. The van der Waals surface area contributed by atoms with Gasteiger partial charge < -0.3 is 9.64 Å². The van der Waals surface area contributed by atoms with Crippen LogP contribution in [0.1, 0.15) is 32.3 Å². The van der Waals surface area contributed by atoms with Crippen LogP contribution in [0.4, 0.5) is 5.69 Å². The standard InChI is InChI=1S/C19H28N2O2/c1-15-4-6-16(7-5-15)21-12-10-20(11-13-21)9-8-17-19(2,3)14-18(22)23-17/h4-7,17H,8-14H2,1-3H3/t17-/m0/s1. The number of carbonyl (C=O) groups excluding carboxylic acids is 1. The summed E-state index contributed by atoms with van der Waals surface area (Å²) < 4.78 is 5.49. The van der Waals surface area contributed by atoms with Crippen LogP contribution in [0.5, 0.6) is 0 Å². The normalized spacial score (nSPS) is 24.7. The molecule has 2 heterocycles. The highest BCUT2D eigenvalue weighted by molar-refractivity contribution is 5.72. The number of carbonyl (C=O) groups is 1. The summed E-state index contributed by atoms with van der Waals surface area (Å²) in [6, 6.07) is 8.79. The Morgan fingerprint density at radius 2 is 1.78 bits per heavy atom. The summed E-state index contributed by atoms with van der Waals surface area (Å²) in [6.07, 6.45) is 1.58. The van der Waals surface area contributed by atoms with Crippen molar-refractivity contribution in [3.8, 4) is 0 Å². The fraction of sp³-hybridized carbons (Fsp3) is 0.632.